The zero-order valence-corrected chi connectivity index (χ0v) is 16.9. The normalized spacial score (nSPS) is 14.6. The lowest BCUT2D eigenvalue weighted by atomic mass is 9.98. The Morgan fingerprint density at radius 1 is 1.13 bits per heavy atom. The number of carbonyl (C=O) groups is 1. The first-order valence-corrected chi connectivity index (χ1v) is 9.96. The van der Waals surface area contributed by atoms with Gasteiger partial charge in [-0.1, -0.05) is 0 Å². The second-order valence-corrected chi connectivity index (χ2v) is 7.51. The molecule has 1 amide bonds. The van der Waals surface area contributed by atoms with Gasteiger partial charge in [-0.05, 0) is 43.0 Å². The van der Waals surface area contributed by atoms with Crippen LogP contribution >= 0.6 is 0 Å². The van der Waals surface area contributed by atoms with Crippen LogP contribution in [0.2, 0.25) is 0 Å². The highest BCUT2D eigenvalue weighted by Crippen LogP contribution is 2.29. The first-order valence-electron chi connectivity index (χ1n) is 9.96. The molecule has 1 aliphatic rings. The van der Waals surface area contributed by atoms with Crippen molar-refractivity contribution in [2.24, 2.45) is 5.92 Å². The van der Waals surface area contributed by atoms with E-state index in [1.165, 1.54) is 6.33 Å². The minimum Gasteiger partial charge on any atom is -0.493 e. The average Bonchev–Trinajstić information content (AvgIpc) is 2.78. The molecule has 0 aliphatic carbocycles. The number of halogens is 3. The van der Waals surface area contributed by atoms with E-state index < -0.39 is 17.5 Å². The van der Waals surface area contributed by atoms with Gasteiger partial charge in [0.2, 0.25) is 5.91 Å². The largest absolute Gasteiger partial charge is 0.493 e. The molecule has 9 heteroatoms. The summed E-state index contributed by atoms with van der Waals surface area (Å²) < 4.78 is 46.6. The molecule has 1 aromatic heterocycles. The van der Waals surface area contributed by atoms with Crippen LogP contribution in [0.5, 0.6) is 5.75 Å². The molecule has 1 fully saturated rings. The van der Waals surface area contributed by atoms with Crippen LogP contribution in [-0.4, -0.2) is 40.5 Å². The molecule has 0 bridgehead atoms. The molecule has 2 heterocycles. The van der Waals surface area contributed by atoms with Crippen molar-refractivity contribution in [3.05, 3.63) is 54.1 Å². The van der Waals surface area contributed by atoms with Gasteiger partial charge in [0.15, 0.2) is 17.5 Å². The molecule has 1 N–H and O–H groups in total. The fourth-order valence-corrected chi connectivity index (χ4v) is 3.60. The van der Waals surface area contributed by atoms with E-state index in [0.717, 1.165) is 38.1 Å². The molecule has 4 rings (SSSR count). The van der Waals surface area contributed by atoms with Crippen LogP contribution < -0.4 is 10.1 Å². The van der Waals surface area contributed by atoms with E-state index in [9.17, 15) is 18.0 Å². The van der Waals surface area contributed by atoms with E-state index in [4.69, 9.17) is 4.74 Å². The second kappa shape index (κ2) is 8.79. The predicted molar refractivity (Wildman–Crippen MR) is 110 cm³/mol. The maximum absolute atomic E-state index is 14.0. The number of likely N-dealkylation sites (tertiary alicyclic amines) is 1. The summed E-state index contributed by atoms with van der Waals surface area (Å²) in [4.78, 5) is 21.6. The van der Waals surface area contributed by atoms with Gasteiger partial charge in [-0.3, -0.25) is 4.79 Å². The molecule has 2 aromatic carbocycles. The fraction of sp³-hybridized carbons (Fsp3) is 0.318. The van der Waals surface area contributed by atoms with Crippen LogP contribution in [0, 0.1) is 23.4 Å². The van der Waals surface area contributed by atoms with Crippen molar-refractivity contribution in [2.75, 3.05) is 25.0 Å². The number of anilines is 2. The van der Waals surface area contributed by atoms with Gasteiger partial charge in [-0.15, -0.1) is 0 Å². The predicted octanol–water partition coefficient (Wildman–Crippen LogP) is 4.43. The number of hydrogen-bond donors (Lipinski definition) is 1. The quantitative estimate of drug-likeness (QED) is 0.607. The van der Waals surface area contributed by atoms with Crippen molar-refractivity contribution in [2.45, 2.75) is 19.8 Å². The Kier molecular flexibility index (Phi) is 5.92. The van der Waals surface area contributed by atoms with Crippen molar-refractivity contribution >= 4 is 28.3 Å². The summed E-state index contributed by atoms with van der Waals surface area (Å²) in [5, 5.41) is 3.27. The van der Waals surface area contributed by atoms with Gasteiger partial charge in [0, 0.05) is 31.5 Å². The van der Waals surface area contributed by atoms with Crippen molar-refractivity contribution in [3.8, 4) is 5.75 Å². The molecule has 1 saturated heterocycles. The molecule has 0 saturated carbocycles. The average molecular weight is 430 g/mol. The fourth-order valence-electron chi connectivity index (χ4n) is 3.60. The van der Waals surface area contributed by atoms with Crippen LogP contribution in [0.4, 0.5) is 24.7 Å². The van der Waals surface area contributed by atoms with Gasteiger partial charge in [0.1, 0.15) is 17.9 Å². The molecular formula is C22H21F3N4O2. The van der Waals surface area contributed by atoms with Gasteiger partial charge in [-0.2, -0.15) is 0 Å². The minimum absolute atomic E-state index is 0.0984. The third kappa shape index (κ3) is 4.55. The van der Waals surface area contributed by atoms with Crippen molar-refractivity contribution in [1.82, 2.24) is 14.9 Å². The maximum Gasteiger partial charge on any atom is 0.219 e. The maximum atomic E-state index is 14.0. The van der Waals surface area contributed by atoms with Crippen LogP contribution in [0.25, 0.3) is 10.9 Å². The van der Waals surface area contributed by atoms with E-state index in [2.05, 4.69) is 15.3 Å². The number of hydrogen-bond acceptors (Lipinski definition) is 5. The minimum atomic E-state index is -1.55. The lowest BCUT2D eigenvalue weighted by Crippen LogP contribution is -2.38. The van der Waals surface area contributed by atoms with E-state index in [-0.39, 0.29) is 17.4 Å². The molecule has 0 unspecified atom stereocenters. The summed E-state index contributed by atoms with van der Waals surface area (Å²) in [6.07, 6.45) is 3.08. The highest BCUT2D eigenvalue weighted by molar-refractivity contribution is 5.91. The van der Waals surface area contributed by atoms with Gasteiger partial charge < -0.3 is 15.0 Å². The van der Waals surface area contributed by atoms with Crippen LogP contribution in [-0.2, 0) is 4.79 Å². The van der Waals surface area contributed by atoms with E-state index in [1.54, 1.807) is 25.1 Å². The van der Waals surface area contributed by atoms with Crippen LogP contribution in [0.1, 0.15) is 19.8 Å². The Balaban J connectivity index is 1.46. The Morgan fingerprint density at radius 2 is 1.90 bits per heavy atom. The third-order valence-electron chi connectivity index (χ3n) is 5.44. The zero-order valence-electron chi connectivity index (χ0n) is 16.9. The summed E-state index contributed by atoms with van der Waals surface area (Å²) in [6, 6.07) is 7.17. The van der Waals surface area contributed by atoms with E-state index >= 15 is 0 Å². The molecule has 3 aromatic rings. The number of benzene rings is 2. The van der Waals surface area contributed by atoms with Crippen molar-refractivity contribution in [3.63, 3.8) is 0 Å². The lowest BCUT2D eigenvalue weighted by molar-refractivity contribution is -0.130. The number of ether oxygens (including phenoxy) is 1. The molecule has 31 heavy (non-hydrogen) atoms. The highest BCUT2D eigenvalue weighted by atomic mass is 19.2. The Labute approximate surface area is 177 Å². The van der Waals surface area contributed by atoms with Gasteiger partial charge in [0.05, 0.1) is 17.8 Å². The topological polar surface area (TPSA) is 67.3 Å². The molecule has 1 aliphatic heterocycles. The SMILES string of the molecule is CC(=O)N1CCC(COc2ccc3c(Nc4ccc(F)c(F)c4F)ncnc3c2)CC1. The standard InChI is InChI=1S/C22H21F3N4O2/c1-13(30)29-8-6-14(7-9-29)11-31-15-2-3-16-19(10-15)26-12-27-22(16)28-18-5-4-17(23)20(24)21(18)25/h2-5,10,12,14H,6-9,11H2,1H3,(H,26,27,28). The third-order valence-corrected chi connectivity index (χ3v) is 5.44. The number of nitrogens with one attached hydrogen (secondary N) is 1. The summed E-state index contributed by atoms with van der Waals surface area (Å²) in [5.74, 6) is -2.77. The molecule has 6 nitrogen and oxygen atoms in total. The number of nitrogens with zero attached hydrogens (tertiary/aromatic N) is 3. The summed E-state index contributed by atoms with van der Waals surface area (Å²) >= 11 is 0. The molecule has 0 radical (unpaired) electrons. The van der Waals surface area contributed by atoms with E-state index in [0.29, 0.717) is 29.2 Å². The summed E-state index contributed by atoms with van der Waals surface area (Å²) in [5.41, 5.74) is 0.334. The summed E-state index contributed by atoms with van der Waals surface area (Å²) in [6.45, 7) is 3.60. The molecule has 162 valence electrons. The molecule has 0 atom stereocenters. The zero-order chi connectivity index (χ0) is 22.0. The number of aromatic nitrogens is 2. The monoisotopic (exact) mass is 430 g/mol. The number of carbonyl (C=O) groups excluding carboxylic acids is 1. The Morgan fingerprint density at radius 3 is 2.65 bits per heavy atom. The summed E-state index contributed by atoms with van der Waals surface area (Å²) in [7, 11) is 0. The van der Waals surface area contributed by atoms with Gasteiger partial charge in [-0.25, -0.2) is 23.1 Å². The van der Waals surface area contributed by atoms with E-state index in [1.807, 2.05) is 4.90 Å². The molecular weight excluding hydrogens is 409 g/mol. The van der Waals surface area contributed by atoms with Crippen LogP contribution in [0.15, 0.2) is 36.7 Å². The number of piperidine rings is 1. The second-order valence-electron chi connectivity index (χ2n) is 7.51. The van der Waals surface area contributed by atoms with Gasteiger partial charge >= 0.3 is 0 Å². The van der Waals surface area contributed by atoms with Gasteiger partial charge in [0.25, 0.3) is 0 Å². The first kappa shape index (κ1) is 20.9. The highest BCUT2D eigenvalue weighted by Gasteiger charge is 2.21. The number of rotatable bonds is 5. The van der Waals surface area contributed by atoms with Crippen molar-refractivity contribution < 1.29 is 22.7 Å². The molecule has 0 spiro atoms. The Hall–Kier alpha value is -3.36. The number of amides is 1. The lowest BCUT2D eigenvalue weighted by Gasteiger charge is -2.31. The smallest absolute Gasteiger partial charge is 0.219 e. The first-order chi connectivity index (χ1) is 14.9. The number of fused-ring (bicyclic) bond motifs is 1. The van der Waals surface area contributed by atoms with Crippen LogP contribution in [0.3, 0.4) is 0 Å². The Bertz CT molecular complexity index is 1120. The van der Waals surface area contributed by atoms with Crippen molar-refractivity contribution in [1.29, 1.82) is 0 Å².